The van der Waals surface area contributed by atoms with Gasteiger partial charge in [0.25, 0.3) is 0 Å². The SMILES string of the molecule is COc1ccc(CNN2CCOCC2)c(Br)c1. The predicted octanol–water partition coefficient (Wildman–Crippen LogP) is 1.79. The summed E-state index contributed by atoms with van der Waals surface area (Å²) < 4.78 is 11.5. The lowest BCUT2D eigenvalue weighted by molar-refractivity contribution is 0.0105. The number of halogens is 1. The van der Waals surface area contributed by atoms with Crippen LogP contribution in [0.5, 0.6) is 5.75 Å². The normalized spacial score (nSPS) is 17.1. The molecule has 0 unspecified atom stereocenters. The molecule has 1 aromatic carbocycles. The molecule has 0 aliphatic carbocycles. The number of nitrogens with zero attached hydrogens (tertiary/aromatic N) is 1. The molecular weight excluding hydrogens is 284 g/mol. The van der Waals surface area contributed by atoms with Gasteiger partial charge in [-0.1, -0.05) is 22.0 Å². The molecule has 0 radical (unpaired) electrons. The van der Waals surface area contributed by atoms with Crippen molar-refractivity contribution in [3.8, 4) is 5.75 Å². The van der Waals surface area contributed by atoms with Crippen LogP contribution >= 0.6 is 15.9 Å². The maximum Gasteiger partial charge on any atom is 0.120 e. The molecule has 0 bridgehead atoms. The Morgan fingerprint density at radius 2 is 2.18 bits per heavy atom. The molecule has 0 saturated carbocycles. The summed E-state index contributed by atoms with van der Waals surface area (Å²) in [7, 11) is 1.67. The van der Waals surface area contributed by atoms with E-state index < -0.39 is 0 Å². The van der Waals surface area contributed by atoms with Crippen LogP contribution in [0.25, 0.3) is 0 Å². The fraction of sp³-hybridized carbons (Fsp3) is 0.500. The summed E-state index contributed by atoms with van der Waals surface area (Å²) in [4.78, 5) is 0. The number of hydrazine groups is 1. The van der Waals surface area contributed by atoms with Crippen LogP contribution in [0, 0.1) is 0 Å². The lowest BCUT2D eigenvalue weighted by atomic mass is 10.2. The first-order valence-corrected chi connectivity index (χ1v) is 6.47. The number of benzene rings is 1. The molecule has 1 aliphatic heterocycles. The number of rotatable bonds is 4. The summed E-state index contributed by atoms with van der Waals surface area (Å²) in [6.07, 6.45) is 0. The molecule has 17 heavy (non-hydrogen) atoms. The Kier molecular flexibility index (Phi) is 4.79. The Hall–Kier alpha value is -0.620. The van der Waals surface area contributed by atoms with Crippen LogP contribution in [0.3, 0.4) is 0 Å². The first-order valence-electron chi connectivity index (χ1n) is 5.68. The molecule has 0 spiro atoms. The van der Waals surface area contributed by atoms with Crippen molar-refractivity contribution in [2.75, 3.05) is 33.4 Å². The minimum absolute atomic E-state index is 0.802. The van der Waals surface area contributed by atoms with Gasteiger partial charge in [0.1, 0.15) is 5.75 Å². The van der Waals surface area contributed by atoms with Gasteiger partial charge in [0, 0.05) is 24.1 Å². The second-order valence-electron chi connectivity index (χ2n) is 3.89. The molecule has 0 amide bonds. The number of nitrogens with one attached hydrogen (secondary N) is 1. The van der Waals surface area contributed by atoms with Gasteiger partial charge in [0.15, 0.2) is 0 Å². The molecule has 0 aromatic heterocycles. The van der Waals surface area contributed by atoms with Gasteiger partial charge in [-0.3, -0.25) is 5.43 Å². The molecule has 1 aliphatic rings. The second kappa shape index (κ2) is 6.35. The van der Waals surface area contributed by atoms with Crippen molar-refractivity contribution in [3.63, 3.8) is 0 Å². The topological polar surface area (TPSA) is 33.7 Å². The molecule has 1 N–H and O–H groups in total. The van der Waals surface area contributed by atoms with E-state index in [0.717, 1.165) is 43.1 Å². The van der Waals surface area contributed by atoms with Gasteiger partial charge in [0.05, 0.1) is 20.3 Å². The predicted molar refractivity (Wildman–Crippen MR) is 69.9 cm³/mol. The van der Waals surface area contributed by atoms with E-state index in [0.29, 0.717) is 0 Å². The number of ether oxygens (including phenoxy) is 2. The monoisotopic (exact) mass is 300 g/mol. The van der Waals surface area contributed by atoms with Gasteiger partial charge < -0.3 is 9.47 Å². The molecule has 1 saturated heterocycles. The zero-order chi connectivity index (χ0) is 12.1. The van der Waals surface area contributed by atoms with Crippen molar-refractivity contribution in [1.29, 1.82) is 0 Å². The highest BCUT2D eigenvalue weighted by Crippen LogP contribution is 2.22. The van der Waals surface area contributed by atoms with Crippen LogP contribution in [0.15, 0.2) is 22.7 Å². The highest BCUT2D eigenvalue weighted by molar-refractivity contribution is 9.10. The Balaban J connectivity index is 1.89. The zero-order valence-electron chi connectivity index (χ0n) is 9.91. The van der Waals surface area contributed by atoms with Crippen LogP contribution in [0.2, 0.25) is 0 Å². The van der Waals surface area contributed by atoms with Crippen LogP contribution in [-0.2, 0) is 11.3 Å². The van der Waals surface area contributed by atoms with Crippen LogP contribution in [-0.4, -0.2) is 38.4 Å². The average molecular weight is 301 g/mol. The van der Waals surface area contributed by atoms with Crippen LogP contribution in [0.4, 0.5) is 0 Å². The number of methoxy groups -OCH3 is 1. The molecule has 4 nitrogen and oxygen atoms in total. The largest absolute Gasteiger partial charge is 0.497 e. The van der Waals surface area contributed by atoms with Gasteiger partial charge in [0.2, 0.25) is 0 Å². The van der Waals surface area contributed by atoms with Gasteiger partial charge >= 0.3 is 0 Å². The Labute approximate surface area is 110 Å². The molecule has 94 valence electrons. The third-order valence-electron chi connectivity index (χ3n) is 2.76. The lowest BCUT2D eigenvalue weighted by Crippen LogP contribution is -2.45. The minimum atomic E-state index is 0.802. The molecule has 1 heterocycles. The fourth-order valence-corrected chi connectivity index (χ4v) is 2.21. The van der Waals surface area contributed by atoms with E-state index in [9.17, 15) is 0 Å². The summed E-state index contributed by atoms with van der Waals surface area (Å²) in [5, 5.41) is 2.19. The smallest absolute Gasteiger partial charge is 0.120 e. The Morgan fingerprint density at radius 3 is 2.82 bits per heavy atom. The molecule has 1 aromatic rings. The fourth-order valence-electron chi connectivity index (χ4n) is 1.72. The van der Waals surface area contributed by atoms with Crippen molar-refractivity contribution in [2.24, 2.45) is 0 Å². The van der Waals surface area contributed by atoms with E-state index in [4.69, 9.17) is 9.47 Å². The summed E-state index contributed by atoms with van der Waals surface area (Å²) >= 11 is 3.55. The molecule has 0 atom stereocenters. The quantitative estimate of drug-likeness (QED) is 0.919. The van der Waals surface area contributed by atoms with E-state index in [2.05, 4.69) is 32.4 Å². The third-order valence-corrected chi connectivity index (χ3v) is 3.50. The van der Waals surface area contributed by atoms with Crippen LogP contribution in [0.1, 0.15) is 5.56 Å². The lowest BCUT2D eigenvalue weighted by Gasteiger charge is -2.27. The van der Waals surface area contributed by atoms with Crippen molar-refractivity contribution in [1.82, 2.24) is 10.4 Å². The number of morpholine rings is 1. The van der Waals surface area contributed by atoms with Crippen molar-refractivity contribution >= 4 is 15.9 Å². The van der Waals surface area contributed by atoms with Crippen molar-refractivity contribution in [3.05, 3.63) is 28.2 Å². The molecule has 5 heteroatoms. The second-order valence-corrected chi connectivity index (χ2v) is 4.75. The van der Waals surface area contributed by atoms with E-state index in [1.807, 2.05) is 12.1 Å². The van der Waals surface area contributed by atoms with E-state index in [1.165, 1.54) is 5.56 Å². The summed E-state index contributed by atoms with van der Waals surface area (Å²) in [5.41, 5.74) is 4.62. The molecule has 1 fully saturated rings. The molecule has 2 rings (SSSR count). The number of hydrogen-bond donors (Lipinski definition) is 1. The van der Waals surface area contributed by atoms with Crippen LogP contribution < -0.4 is 10.2 Å². The minimum Gasteiger partial charge on any atom is -0.497 e. The van der Waals surface area contributed by atoms with E-state index in [1.54, 1.807) is 7.11 Å². The van der Waals surface area contributed by atoms with E-state index >= 15 is 0 Å². The summed E-state index contributed by atoms with van der Waals surface area (Å²) in [5.74, 6) is 0.868. The third kappa shape index (κ3) is 3.67. The summed E-state index contributed by atoms with van der Waals surface area (Å²) in [6.45, 7) is 4.29. The van der Waals surface area contributed by atoms with Gasteiger partial charge in [-0.05, 0) is 17.7 Å². The molecular formula is C12H17BrN2O2. The van der Waals surface area contributed by atoms with Crippen molar-refractivity contribution < 1.29 is 9.47 Å². The maximum atomic E-state index is 5.30. The van der Waals surface area contributed by atoms with Crippen molar-refractivity contribution in [2.45, 2.75) is 6.54 Å². The highest BCUT2D eigenvalue weighted by atomic mass is 79.9. The first-order chi connectivity index (χ1) is 8.29. The Bertz CT molecular complexity index is 368. The highest BCUT2D eigenvalue weighted by Gasteiger charge is 2.10. The van der Waals surface area contributed by atoms with Gasteiger partial charge in [-0.15, -0.1) is 0 Å². The van der Waals surface area contributed by atoms with Gasteiger partial charge in [-0.2, -0.15) is 0 Å². The Morgan fingerprint density at radius 1 is 1.41 bits per heavy atom. The van der Waals surface area contributed by atoms with E-state index in [-0.39, 0.29) is 0 Å². The first kappa shape index (κ1) is 12.8. The van der Waals surface area contributed by atoms with Gasteiger partial charge in [-0.25, -0.2) is 5.01 Å². The zero-order valence-corrected chi connectivity index (χ0v) is 11.5. The average Bonchev–Trinajstić information content (AvgIpc) is 2.38. The number of hydrogen-bond acceptors (Lipinski definition) is 4. The summed E-state index contributed by atoms with van der Waals surface area (Å²) in [6, 6.07) is 6.02. The standard InChI is InChI=1S/C12H17BrN2O2/c1-16-11-3-2-10(12(13)8-11)9-14-15-4-6-17-7-5-15/h2-3,8,14H,4-7,9H2,1H3. The maximum absolute atomic E-state index is 5.30.